The zero-order chi connectivity index (χ0) is 28.8. The molecule has 3 aromatic rings. The van der Waals surface area contributed by atoms with Gasteiger partial charge in [-0.2, -0.15) is 0 Å². The monoisotopic (exact) mass is 553 g/mol. The Kier molecular flexibility index (Phi) is 9.50. The van der Waals surface area contributed by atoms with Crippen molar-refractivity contribution < 1.29 is 22.4 Å². The lowest BCUT2D eigenvalue weighted by atomic mass is 10.1. The molecule has 9 heteroatoms. The number of nitrogens with one attached hydrogen (secondary N) is 1. The van der Waals surface area contributed by atoms with Crippen LogP contribution in [-0.4, -0.2) is 43.3 Å². The fourth-order valence-corrected chi connectivity index (χ4v) is 5.62. The van der Waals surface area contributed by atoms with E-state index in [9.17, 15) is 22.4 Å². The number of hydrogen-bond acceptors (Lipinski definition) is 4. The first-order chi connectivity index (χ1) is 18.3. The van der Waals surface area contributed by atoms with Gasteiger partial charge < -0.3 is 10.2 Å². The molecule has 0 unspecified atom stereocenters. The largest absolute Gasteiger partial charge is 0.350 e. The number of carbonyl (C=O) groups excluding carboxylic acids is 2. The Balaban J connectivity index is 2.06. The van der Waals surface area contributed by atoms with E-state index in [-0.39, 0.29) is 17.3 Å². The second-order valence-electron chi connectivity index (χ2n) is 10.5. The maximum absolute atomic E-state index is 14.0. The predicted octanol–water partition coefficient (Wildman–Crippen LogP) is 5.05. The van der Waals surface area contributed by atoms with Crippen molar-refractivity contribution in [2.75, 3.05) is 10.8 Å². The lowest BCUT2D eigenvalue weighted by Gasteiger charge is -2.34. The molecule has 0 radical (unpaired) electrons. The molecule has 0 aliphatic carbocycles. The van der Waals surface area contributed by atoms with Gasteiger partial charge in [-0.1, -0.05) is 49.4 Å². The first-order valence-electron chi connectivity index (χ1n) is 12.8. The van der Waals surface area contributed by atoms with Crippen molar-refractivity contribution in [2.24, 2.45) is 0 Å². The molecule has 208 valence electrons. The molecule has 0 spiro atoms. The Hall–Kier alpha value is -3.72. The summed E-state index contributed by atoms with van der Waals surface area (Å²) in [6, 6.07) is 19.6. The van der Waals surface area contributed by atoms with Gasteiger partial charge in [0.1, 0.15) is 18.4 Å². The van der Waals surface area contributed by atoms with Gasteiger partial charge in [0.25, 0.3) is 10.0 Å². The van der Waals surface area contributed by atoms with Crippen molar-refractivity contribution >= 4 is 27.5 Å². The Morgan fingerprint density at radius 2 is 1.59 bits per heavy atom. The van der Waals surface area contributed by atoms with E-state index in [0.717, 1.165) is 9.87 Å². The Morgan fingerprint density at radius 1 is 0.949 bits per heavy atom. The topological polar surface area (TPSA) is 86.8 Å². The summed E-state index contributed by atoms with van der Waals surface area (Å²) in [5.41, 5.74) is 1.23. The van der Waals surface area contributed by atoms with Crippen LogP contribution in [0.3, 0.4) is 0 Å². The van der Waals surface area contributed by atoms with Gasteiger partial charge in [0.15, 0.2) is 0 Å². The van der Waals surface area contributed by atoms with Crippen LogP contribution >= 0.6 is 0 Å². The molecule has 2 amide bonds. The maximum atomic E-state index is 14.0. The Bertz CT molecular complexity index is 1390. The highest BCUT2D eigenvalue weighted by molar-refractivity contribution is 7.92. The molecule has 0 heterocycles. The number of carbonyl (C=O) groups is 2. The van der Waals surface area contributed by atoms with Crippen LogP contribution in [0.25, 0.3) is 0 Å². The van der Waals surface area contributed by atoms with Gasteiger partial charge >= 0.3 is 0 Å². The van der Waals surface area contributed by atoms with E-state index in [1.165, 1.54) is 29.2 Å². The lowest BCUT2D eigenvalue weighted by Crippen LogP contribution is -2.55. The van der Waals surface area contributed by atoms with Gasteiger partial charge in [0.05, 0.1) is 10.6 Å². The van der Waals surface area contributed by atoms with E-state index in [1.807, 2.05) is 33.8 Å². The molecule has 1 atom stereocenters. The SMILES string of the molecule is CC[C@@H](C(=O)NC(C)(C)C)N(Cc1ccc(F)cc1)C(=O)CN(c1cccc(C)c1)S(=O)(=O)c1ccccc1. The molecule has 3 aromatic carbocycles. The molecule has 0 fully saturated rings. The smallest absolute Gasteiger partial charge is 0.264 e. The van der Waals surface area contributed by atoms with Crippen LogP contribution in [0.2, 0.25) is 0 Å². The summed E-state index contributed by atoms with van der Waals surface area (Å²) in [5.74, 6) is -1.33. The number of halogens is 1. The van der Waals surface area contributed by atoms with E-state index < -0.39 is 39.9 Å². The molecule has 0 aliphatic rings. The third kappa shape index (κ3) is 7.89. The van der Waals surface area contributed by atoms with Gasteiger partial charge in [0.2, 0.25) is 11.8 Å². The molecule has 1 N–H and O–H groups in total. The zero-order valence-corrected chi connectivity index (χ0v) is 23.8. The summed E-state index contributed by atoms with van der Waals surface area (Å²) >= 11 is 0. The molecular weight excluding hydrogens is 517 g/mol. The van der Waals surface area contributed by atoms with E-state index >= 15 is 0 Å². The normalized spacial score (nSPS) is 12.5. The number of sulfonamides is 1. The summed E-state index contributed by atoms with van der Waals surface area (Å²) in [4.78, 5) is 28.7. The van der Waals surface area contributed by atoms with Crippen LogP contribution in [0.5, 0.6) is 0 Å². The second kappa shape index (κ2) is 12.4. The highest BCUT2D eigenvalue weighted by Gasteiger charge is 2.34. The molecule has 39 heavy (non-hydrogen) atoms. The van der Waals surface area contributed by atoms with Gasteiger partial charge in [-0.3, -0.25) is 13.9 Å². The van der Waals surface area contributed by atoms with E-state index in [2.05, 4.69) is 5.32 Å². The van der Waals surface area contributed by atoms with Gasteiger partial charge in [-0.25, -0.2) is 12.8 Å². The summed E-state index contributed by atoms with van der Waals surface area (Å²) in [6.07, 6.45) is 0.296. The Labute approximate surface area is 230 Å². The average molecular weight is 554 g/mol. The third-order valence-corrected chi connectivity index (χ3v) is 7.84. The van der Waals surface area contributed by atoms with Crippen LogP contribution < -0.4 is 9.62 Å². The second-order valence-corrected chi connectivity index (χ2v) is 12.3. The first kappa shape index (κ1) is 29.8. The highest BCUT2D eigenvalue weighted by Crippen LogP contribution is 2.25. The number of benzene rings is 3. The van der Waals surface area contributed by atoms with E-state index in [1.54, 1.807) is 55.5 Å². The number of anilines is 1. The van der Waals surface area contributed by atoms with E-state index in [0.29, 0.717) is 17.7 Å². The summed E-state index contributed by atoms with van der Waals surface area (Å²) in [7, 11) is -4.12. The van der Waals surface area contributed by atoms with E-state index in [4.69, 9.17) is 0 Å². The summed E-state index contributed by atoms with van der Waals surface area (Å²) in [5, 5.41) is 2.92. The number of rotatable bonds is 10. The highest BCUT2D eigenvalue weighted by atomic mass is 32.2. The minimum Gasteiger partial charge on any atom is -0.350 e. The van der Waals surface area contributed by atoms with Crippen LogP contribution in [0.4, 0.5) is 10.1 Å². The molecule has 0 bridgehead atoms. The minimum absolute atomic E-state index is 0.00221. The number of aryl methyl sites for hydroxylation is 1. The van der Waals surface area contributed by atoms with Crippen molar-refractivity contribution in [3.05, 3.63) is 95.8 Å². The third-order valence-electron chi connectivity index (χ3n) is 6.05. The van der Waals surface area contributed by atoms with Crippen LogP contribution in [0, 0.1) is 12.7 Å². The van der Waals surface area contributed by atoms with Gasteiger partial charge in [-0.05, 0) is 81.6 Å². The predicted molar refractivity (Wildman–Crippen MR) is 151 cm³/mol. The lowest BCUT2D eigenvalue weighted by molar-refractivity contribution is -0.141. The summed E-state index contributed by atoms with van der Waals surface area (Å²) in [6.45, 7) is 8.63. The fourth-order valence-electron chi connectivity index (χ4n) is 4.19. The minimum atomic E-state index is -4.12. The average Bonchev–Trinajstić information content (AvgIpc) is 2.87. The van der Waals surface area contributed by atoms with Gasteiger partial charge in [-0.15, -0.1) is 0 Å². The standard InChI is InChI=1S/C30H36FN3O4S/c1-6-27(29(36)32-30(3,4)5)33(20-23-15-17-24(31)18-16-23)28(35)21-34(25-12-10-11-22(2)19-25)39(37,38)26-13-8-7-9-14-26/h7-19,27H,6,20-21H2,1-5H3,(H,32,36)/t27-/m0/s1. The molecule has 0 saturated carbocycles. The molecule has 0 saturated heterocycles. The fraction of sp³-hybridized carbons (Fsp3) is 0.333. The summed E-state index contributed by atoms with van der Waals surface area (Å²) < 4.78 is 42.2. The molecule has 3 rings (SSSR count). The van der Waals surface area contributed by atoms with Crippen molar-refractivity contribution in [3.63, 3.8) is 0 Å². The molecule has 7 nitrogen and oxygen atoms in total. The van der Waals surface area contributed by atoms with Crippen LogP contribution in [0.15, 0.2) is 83.8 Å². The number of nitrogens with zero attached hydrogens (tertiary/aromatic N) is 2. The quantitative estimate of drug-likeness (QED) is 0.381. The zero-order valence-electron chi connectivity index (χ0n) is 23.0. The maximum Gasteiger partial charge on any atom is 0.264 e. The van der Waals surface area contributed by atoms with Gasteiger partial charge in [0, 0.05) is 12.1 Å². The van der Waals surface area contributed by atoms with Crippen molar-refractivity contribution in [3.8, 4) is 0 Å². The molecule has 0 aliphatic heterocycles. The van der Waals surface area contributed by atoms with Crippen molar-refractivity contribution in [1.82, 2.24) is 10.2 Å². The van der Waals surface area contributed by atoms with Crippen molar-refractivity contribution in [2.45, 2.75) is 64.1 Å². The molecular formula is C30H36FN3O4S. The molecule has 0 aromatic heterocycles. The number of amides is 2. The number of hydrogen-bond donors (Lipinski definition) is 1. The first-order valence-corrected chi connectivity index (χ1v) is 14.3. The van der Waals surface area contributed by atoms with Crippen LogP contribution in [-0.2, 0) is 26.2 Å². The Morgan fingerprint density at radius 3 is 2.15 bits per heavy atom. The van der Waals surface area contributed by atoms with Crippen molar-refractivity contribution in [1.29, 1.82) is 0 Å². The van der Waals surface area contributed by atoms with Crippen LogP contribution in [0.1, 0.15) is 45.2 Å².